The molecule has 106 valence electrons. The zero-order valence-corrected chi connectivity index (χ0v) is 12.2. The highest BCUT2D eigenvalue weighted by Crippen LogP contribution is 2.27. The summed E-state index contributed by atoms with van der Waals surface area (Å²) in [6.07, 6.45) is 0.300. The number of allylic oxidation sites excluding steroid dienone is 1. The maximum Gasteiger partial charge on any atom is 0.343 e. The second kappa shape index (κ2) is 6.09. The Bertz CT molecular complexity index is 563. The number of Topliss-reactive ketones (excluding diaryl/α,β-unsaturated/α-hetero) is 1. The zero-order chi connectivity index (χ0) is 14.7. The van der Waals surface area contributed by atoms with Crippen molar-refractivity contribution in [3.8, 4) is 0 Å². The molecule has 0 N–H and O–H groups in total. The molecule has 1 aromatic rings. The first-order valence-electron chi connectivity index (χ1n) is 6.49. The van der Waals surface area contributed by atoms with E-state index < -0.39 is 5.97 Å². The molecule has 0 aromatic heterocycles. The van der Waals surface area contributed by atoms with Gasteiger partial charge in [0.2, 0.25) is 0 Å². The second-order valence-corrected chi connectivity index (χ2v) is 4.92. The van der Waals surface area contributed by atoms with Gasteiger partial charge in [-0.2, -0.15) is 0 Å². The van der Waals surface area contributed by atoms with Gasteiger partial charge >= 0.3 is 5.97 Å². The van der Waals surface area contributed by atoms with Gasteiger partial charge in [-0.1, -0.05) is 11.6 Å². The summed E-state index contributed by atoms with van der Waals surface area (Å²) in [6, 6.07) is 7.30. The molecule has 1 aromatic carbocycles. The van der Waals surface area contributed by atoms with Crippen LogP contribution in [-0.2, 0) is 14.3 Å². The van der Waals surface area contributed by atoms with Crippen LogP contribution in [0.3, 0.4) is 0 Å². The molecule has 0 atom stereocenters. The minimum absolute atomic E-state index is 0.146. The summed E-state index contributed by atoms with van der Waals surface area (Å²) in [5.74, 6) is -0.708. The van der Waals surface area contributed by atoms with E-state index in [-0.39, 0.29) is 18.0 Å². The molecule has 2 rings (SSSR count). The number of ether oxygens (including phenoxy) is 1. The van der Waals surface area contributed by atoms with E-state index in [1.807, 2.05) is 17.0 Å². The van der Waals surface area contributed by atoms with E-state index in [1.54, 1.807) is 26.0 Å². The lowest BCUT2D eigenvalue weighted by Gasteiger charge is -2.30. The first kappa shape index (κ1) is 14.6. The van der Waals surface area contributed by atoms with Crippen molar-refractivity contribution in [2.45, 2.75) is 20.3 Å². The van der Waals surface area contributed by atoms with Crippen LogP contribution in [0.25, 0.3) is 0 Å². The Morgan fingerprint density at radius 1 is 1.35 bits per heavy atom. The largest absolute Gasteiger partial charge is 0.462 e. The Hall–Kier alpha value is -1.81. The Morgan fingerprint density at radius 3 is 2.60 bits per heavy atom. The Balaban J connectivity index is 2.38. The van der Waals surface area contributed by atoms with Crippen molar-refractivity contribution in [2.24, 2.45) is 0 Å². The van der Waals surface area contributed by atoms with E-state index in [0.29, 0.717) is 23.7 Å². The van der Waals surface area contributed by atoms with Gasteiger partial charge in [-0.3, -0.25) is 4.79 Å². The van der Waals surface area contributed by atoms with Crippen LogP contribution in [0.1, 0.15) is 20.3 Å². The van der Waals surface area contributed by atoms with Gasteiger partial charge in [0, 0.05) is 29.4 Å². The molecular weight excluding hydrogens is 278 g/mol. The number of halogens is 1. The molecule has 1 heterocycles. The van der Waals surface area contributed by atoms with Crippen molar-refractivity contribution < 1.29 is 14.3 Å². The molecule has 20 heavy (non-hydrogen) atoms. The minimum atomic E-state index is -0.548. The molecule has 5 heteroatoms. The maximum absolute atomic E-state index is 11.9. The van der Waals surface area contributed by atoms with Crippen molar-refractivity contribution in [2.75, 3.05) is 18.1 Å². The molecule has 0 saturated carbocycles. The second-order valence-electron chi connectivity index (χ2n) is 4.48. The summed E-state index contributed by atoms with van der Waals surface area (Å²) in [6.45, 7) is 4.29. The van der Waals surface area contributed by atoms with Crippen LogP contribution in [0.5, 0.6) is 0 Å². The lowest BCUT2D eigenvalue weighted by atomic mass is 10.0. The minimum Gasteiger partial charge on any atom is -0.462 e. The van der Waals surface area contributed by atoms with Crippen LogP contribution in [0.2, 0.25) is 5.02 Å². The number of ketones is 1. The third-order valence-corrected chi connectivity index (χ3v) is 3.48. The van der Waals surface area contributed by atoms with Crippen LogP contribution >= 0.6 is 11.6 Å². The van der Waals surface area contributed by atoms with E-state index in [4.69, 9.17) is 16.3 Å². The molecular formula is C15H16ClNO3. The van der Waals surface area contributed by atoms with E-state index in [1.165, 1.54) is 0 Å². The summed E-state index contributed by atoms with van der Waals surface area (Å²) in [4.78, 5) is 25.8. The molecule has 0 amide bonds. The highest BCUT2D eigenvalue weighted by molar-refractivity contribution is 6.30. The van der Waals surface area contributed by atoms with Gasteiger partial charge < -0.3 is 9.64 Å². The van der Waals surface area contributed by atoms with E-state index in [2.05, 4.69) is 0 Å². The standard InChI is InChI=1S/C15H16ClNO3/c1-3-20-15(19)14-10(2)17(9-8-13(14)18)12-6-4-11(16)5-7-12/h4-7H,3,8-9H2,1-2H3. The molecule has 0 unspecified atom stereocenters. The summed E-state index contributed by atoms with van der Waals surface area (Å²) in [5.41, 5.74) is 1.68. The molecule has 0 fully saturated rings. The molecule has 0 saturated heterocycles. The predicted octanol–water partition coefficient (Wildman–Crippen LogP) is 2.96. The number of benzene rings is 1. The normalized spacial score (nSPS) is 15.6. The van der Waals surface area contributed by atoms with Crippen LogP contribution in [-0.4, -0.2) is 24.9 Å². The van der Waals surface area contributed by atoms with E-state index in [0.717, 1.165) is 5.69 Å². The summed E-state index contributed by atoms with van der Waals surface area (Å²) in [7, 11) is 0. The third kappa shape index (κ3) is 2.85. The number of hydrogen-bond acceptors (Lipinski definition) is 4. The summed E-state index contributed by atoms with van der Waals surface area (Å²) >= 11 is 5.87. The summed E-state index contributed by atoms with van der Waals surface area (Å²) in [5, 5.41) is 0.647. The maximum atomic E-state index is 11.9. The third-order valence-electron chi connectivity index (χ3n) is 3.23. The molecule has 1 aliphatic heterocycles. The molecule has 1 aliphatic rings. The van der Waals surface area contributed by atoms with Crippen LogP contribution in [0, 0.1) is 0 Å². The first-order valence-corrected chi connectivity index (χ1v) is 6.86. The summed E-state index contributed by atoms with van der Waals surface area (Å²) < 4.78 is 4.96. The van der Waals surface area contributed by atoms with Gasteiger partial charge in [-0.05, 0) is 38.1 Å². The average molecular weight is 294 g/mol. The number of esters is 1. The van der Waals surface area contributed by atoms with Crippen LogP contribution in [0.4, 0.5) is 5.69 Å². The van der Waals surface area contributed by atoms with Crippen LogP contribution in [0.15, 0.2) is 35.5 Å². The predicted molar refractivity (Wildman–Crippen MR) is 77.8 cm³/mol. The fourth-order valence-electron chi connectivity index (χ4n) is 2.25. The first-order chi connectivity index (χ1) is 9.54. The number of nitrogens with zero attached hydrogens (tertiary/aromatic N) is 1. The molecule has 0 aliphatic carbocycles. The van der Waals surface area contributed by atoms with E-state index >= 15 is 0 Å². The number of anilines is 1. The molecule has 0 spiro atoms. The van der Waals surface area contributed by atoms with Gasteiger partial charge in [0.05, 0.1) is 6.61 Å². The Morgan fingerprint density at radius 2 is 2.00 bits per heavy atom. The fraction of sp³-hybridized carbons (Fsp3) is 0.333. The number of carbonyl (C=O) groups excluding carboxylic acids is 2. The van der Waals surface area contributed by atoms with E-state index in [9.17, 15) is 9.59 Å². The van der Waals surface area contributed by atoms with Crippen molar-refractivity contribution in [3.63, 3.8) is 0 Å². The Kier molecular flexibility index (Phi) is 4.45. The average Bonchev–Trinajstić information content (AvgIpc) is 2.41. The van der Waals surface area contributed by atoms with Gasteiger partial charge in [0.25, 0.3) is 0 Å². The SMILES string of the molecule is CCOC(=O)C1=C(C)N(c2ccc(Cl)cc2)CCC1=O. The number of hydrogen-bond donors (Lipinski definition) is 0. The smallest absolute Gasteiger partial charge is 0.343 e. The lowest BCUT2D eigenvalue weighted by Crippen LogP contribution is -2.35. The fourth-order valence-corrected chi connectivity index (χ4v) is 2.38. The van der Waals surface area contributed by atoms with Crippen molar-refractivity contribution in [1.29, 1.82) is 0 Å². The number of carbonyl (C=O) groups is 2. The van der Waals surface area contributed by atoms with Crippen molar-refractivity contribution in [3.05, 3.63) is 40.6 Å². The highest BCUT2D eigenvalue weighted by atomic mass is 35.5. The topological polar surface area (TPSA) is 46.6 Å². The van der Waals surface area contributed by atoms with Crippen LogP contribution < -0.4 is 4.90 Å². The number of rotatable bonds is 3. The van der Waals surface area contributed by atoms with Crippen molar-refractivity contribution >= 4 is 29.0 Å². The highest BCUT2D eigenvalue weighted by Gasteiger charge is 2.30. The molecule has 4 nitrogen and oxygen atoms in total. The quantitative estimate of drug-likeness (QED) is 0.635. The van der Waals surface area contributed by atoms with Gasteiger partial charge in [0.1, 0.15) is 5.57 Å². The van der Waals surface area contributed by atoms with Gasteiger partial charge in [-0.25, -0.2) is 4.79 Å². The van der Waals surface area contributed by atoms with Crippen molar-refractivity contribution in [1.82, 2.24) is 0 Å². The molecule has 0 radical (unpaired) electrons. The molecule has 0 bridgehead atoms. The van der Waals surface area contributed by atoms with Gasteiger partial charge in [0.15, 0.2) is 5.78 Å². The van der Waals surface area contributed by atoms with Gasteiger partial charge in [-0.15, -0.1) is 0 Å². The Labute approximate surface area is 123 Å². The zero-order valence-electron chi connectivity index (χ0n) is 11.5. The monoisotopic (exact) mass is 293 g/mol. The lowest BCUT2D eigenvalue weighted by molar-refractivity contribution is -0.140.